The highest BCUT2D eigenvalue weighted by atomic mass is 16.2. The molecule has 1 saturated heterocycles. The van der Waals surface area contributed by atoms with Crippen LogP contribution in [0.5, 0.6) is 0 Å². The number of amides is 2. The number of nitrogens with one attached hydrogen (secondary N) is 2. The molecule has 0 unspecified atom stereocenters. The van der Waals surface area contributed by atoms with Crippen molar-refractivity contribution in [2.24, 2.45) is 0 Å². The van der Waals surface area contributed by atoms with Crippen molar-refractivity contribution in [2.75, 3.05) is 13.1 Å². The highest BCUT2D eigenvalue weighted by Crippen LogP contribution is 2.42. The van der Waals surface area contributed by atoms with Crippen LogP contribution in [0.2, 0.25) is 0 Å². The maximum atomic E-state index is 12.0. The topological polar surface area (TPSA) is 48.1 Å². The number of aryl methyl sites for hydroxylation is 1. The van der Waals surface area contributed by atoms with E-state index in [-0.39, 0.29) is 6.03 Å². The zero-order valence-corrected chi connectivity index (χ0v) is 13.1. The largest absolute Gasteiger partial charge is 0.357 e. The van der Waals surface area contributed by atoms with Crippen molar-refractivity contribution in [1.82, 2.24) is 15.2 Å². The first-order valence-corrected chi connectivity index (χ1v) is 8.35. The van der Waals surface area contributed by atoms with E-state index < -0.39 is 0 Å². The molecular formula is C18H23N3O. The molecule has 4 rings (SSSR count). The average Bonchev–Trinajstić information content (AvgIpc) is 3.05. The Hall–Kier alpha value is -1.97. The van der Waals surface area contributed by atoms with Crippen molar-refractivity contribution >= 4 is 16.9 Å². The molecule has 1 aromatic heterocycles. The molecule has 2 amide bonds. The Morgan fingerprint density at radius 3 is 2.77 bits per heavy atom. The van der Waals surface area contributed by atoms with Gasteiger partial charge in [0.2, 0.25) is 0 Å². The molecule has 1 aliphatic heterocycles. The second-order valence-corrected chi connectivity index (χ2v) is 6.72. The summed E-state index contributed by atoms with van der Waals surface area (Å²) in [7, 11) is 0. The van der Waals surface area contributed by atoms with Crippen molar-refractivity contribution < 1.29 is 4.79 Å². The van der Waals surface area contributed by atoms with E-state index >= 15 is 0 Å². The first kappa shape index (κ1) is 13.7. The maximum absolute atomic E-state index is 12.0. The maximum Gasteiger partial charge on any atom is 0.317 e. The summed E-state index contributed by atoms with van der Waals surface area (Å²) in [5.41, 5.74) is 5.13. The van der Waals surface area contributed by atoms with E-state index in [0.717, 1.165) is 37.5 Å². The number of hydrogen-bond acceptors (Lipinski definition) is 1. The lowest BCUT2D eigenvalue weighted by molar-refractivity contribution is 0.208. The van der Waals surface area contributed by atoms with Gasteiger partial charge in [-0.3, -0.25) is 0 Å². The van der Waals surface area contributed by atoms with Gasteiger partial charge in [-0.15, -0.1) is 0 Å². The molecule has 4 nitrogen and oxygen atoms in total. The van der Waals surface area contributed by atoms with Crippen molar-refractivity contribution in [2.45, 2.75) is 45.1 Å². The summed E-state index contributed by atoms with van der Waals surface area (Å²) in [5.74, 6) is 0.776. The first-order valence-electron chi connectivity index (χ1n) is 8.35. The number of rotatable bonds is 3. The highest BCUT2D eigenvalue weighted by molar-refractivity contribution is 5.82. The highest BCUT2D eigenvalue weighted by Gasteiger charge is 2.25. The molecule has 0 radical (unpaired) electrons. The molecule has 2 N–H and O–H groups in total. The van der Waals surface area contributed by atoms with Crippen LogP contribution in [-0.4, -0.2) is 29.0 Å². The number of carbonyl (C=O) groups excluding carboxylic acids is 1. The van der Waals surface area contributed by atoms with Crippen molar-refractivity contribution in [3.63, 3.8) is 0 Å². The third kappa shape index (κ3) is 2.58. The SMILES string of the molecule is Cc1cc2[nH]c(CNC(=O)N3CCCC3)cc2cc1C1CC1. The Morgan fingerprint density at radius 1 is 1.27 bits per heavy atom. The van der Waals surface area contributed by atoms with Crippen LogP contribution in [0, 0.1) is 6.92 Å². The standard InChI is InChI=1S/C18H23N3O/c1-12-8-17-14(10-16(12)13-4-5-13)9-15(20-17)11-19-18(22)21-6-2-3-7-21/h8-10,13,20H,2-7,11H2,1H3,(H,19,22). The Kier molecular flexibility index (Phi) is 3.32. The van der Waals surface area contributed by atoms with Gasteiger partial charge in [0, 0.05) is 29.7 Å². The van der Waals surface area contributed by atoms with Crippen LogP contribution in [0.4, 0.5) is 4.79 Å². The van der Waals surface area contributed by atoms with Crippen molar-refractivity contribution in [3.05, 3.63) is 35.0 Å². The van der Waals surface area contributed by atoms with E-state index in [1.807, 2.05) is 4.90 Å². The lowest BCUT2D eigenvalue weighted by Gasteiger charge is -2.15. The number of hydrogen-bond donors (Lipinski definition) is 2. The Labute approximate surface area is 130 Å². The van der Waals surface area contributed by atoms with E-state index in [1.165, 1.54) is 34.9 Å². The van der Waals surface area contributed by atoms with Gasteiger partial charge in [0.15, 0.2) is 0 Å². The fourth-order valence-electron chi connectivity index (χ4n) is 3.50. The van der Waals surface area contributed by atoms with Gasteiger partial charge >= 0.3 is 6.03 Å². The second-order valence-electron chi connectivity index (χ2n) is 6.72. The van der Waals surface area contributed by atoms with E-state index in [4.69, 9.17) is 0 Å². The molecule has 0 atom stereocenters. The average molecular weight is 297 g/mol. The number of aromatic amines is 1. The van der Waals surface area contributed by atoms with Gasteiger partial charge in [-0.05, 0) is 67.9 Å². The molecule has 1 saturated carbocycles. The summed E-state index contributed by atoms with van der Waals surface area (Å²) < 4.78 is 0. The van der Waals surface area contributed by atoms with Crippen molar-refractivity contribution in [1.29, 1.82) is 0 Å². The Bertz CT molecular complexity index is 708. The normalized spacial score (nSPS) is 18.1. The molecule has 22 heavy (non-hydrogen) atoms. The van der Waals surface area contributed by atoms with Gasteiger partial charge in [-0.1, -0.05) is 0 Å². The predicted molar refractivity (Wildman–Crippen MR) is 88.1 cm³/mol. The number of likely N-dealkylation sites (tertiary alicyclic amines) is 1. The van der Waals surface area contributed by atoms with Gasteiger partial charge in [0.25, 0.3) is 0 Å². The monoisotopic (exact) mass is 297 g/mol. The Balaban J connectivity index is 1.48. The van der Waals surface area contributed by atoms with Crippen LogP contribution in [0.3, 0.4) is 0 Å². The lowest BCUT2D eigenvalue weighted by Crippen LogP contribution is -2.37. The zero-order chi connectivity index (χ0) is 15.1. The first-order chi connectivity index (χ1) is 10.7. The van der Waals surface area contributed by atoms with Gasteiger partial charge in [0.05, 0.1) is 6.54 Å². The lowest BCUT2D eigenvalue weighted by atomic mass is 10.0. The van der Waals surface area contributed by atoms with Crippen LogP contribution in [0.15, 0.2) is 18.2 Å². The zero-order valence-electron chi connectivity index (χ0n) is 13.1. The quantitative estimate of drug-likeness (QED) is 0.892. The van der Waals surface area contributed by atoms with Crippen LogP contribution in [0.25, 0.3) is 10.9 Å². The second kappa shape index (κ2) is 5.34. The third-order valence-electron chi connectivity index (χ3n) is 4.90. The molecule has 2 fully saturated rings. The summed E-state index contributed by atoms with van der Waals surface area (Å²) in [4.78, 5) is 17.4. The minimum atomic E-state index is 0.0611. The van der Waals surface area contributed by atoms with E-state index in [0.29, 0.717) is 6.54 Å². The summed E-state index contributed by atoms with van der Waals surface area (Å²) in [6, 6.07) is 6.80. The van der Waals surface area contributed by atoms with Gasteiger partial charge in [-0.2, -0.15) is 0 Å². The van der Waals surface area contributed by atoms with E-state index in [2.05, 4.69) is 35.4 Å². The number of fused-ring (bicyclic) bond motifs is 1. The van der Waals surface area contributed by atoms with E-state index in [9.17, 15) is 4.79 Å². The van der Waals surface area contributed by atoms with Crippen LogP contribution in [-0.2, 0) is 6.54 Å². The summed E-state index contributed by atoms with van der Waals surface area (Å²) in [6.07, 6.45) is 4.91. The van der Waals surface area contributed by atoms with Crippen LogP contribution in [0.1, 0.15) is 48.4 Å². The van der Waals surface area contributed by atoms with Crippen LogP contribution < -0.4 is 5.32 Å². The predicted octanol–water partition coefficient (Wildman–Crippen LogP) is 3.66. The molecule has 116 valence electrons. The van der Waals surface area contributed by atoms with Gasteiger partial charge in [-0.25, -0.2) is 4.79 Å². The molecular weight excluding hydrogens is 274 g/mol. The summed E-state index contributed by atoms with van der Waals surface area (Å²) >= 11 is 0. The molecule has 2 aromatic rings. The molecule has 0 bridgehead atoms. The Morgan fingerprint density at radius 2 is 2.05 bits per heavy atom. The minimum Gasteiger partial charge on any atom is -0.357 e. The molecule has 0 spiro atoms. The summed E-state index contributed by atoms with van der Waals surface area (Å²) in [5, 5.41) is 4.28. The number of benzene rings is 1. The van der Waals surface area contributed by atoms with E-state index in [1.54, 1.807) is 0 Å². The number of nitrogens with zero attached hydrogens (tertiary/aromatic N) is 1. The molecule has 4 heteroatoms. The fourth-order valence-corrected chi connectivity index (χ4v) is 3.50. The van der Waals surface area contributed by atoms with Crippen LogP contribution >= 0.6 is 0 Å². The number of aromatic nitrogens is 1. The molecule has 2 heterocycles. The van der Waals surface area contributed by atoms with Gasteiger partial charge < -0.3 is 15.2 Å². The molecule has 2 aliphatic rings. The molecule has 1 aliphatic carbocycles. The number of H-pyrrole nitrogens is 1. The van der Waals surface area contributed by atoms with Crippen molar-refractivity contribution in [3.8, 4) is 0 Å². The summed E-state index contributed by atoms with van der Waals surface area (Å²) in [6.45, 7) is 4.55. The smallest absolute Gasteiger partial charge is 0.317 e. The molecule has 1 aromatic carbocycles. The number of urea groups is 1. The fraction of sp³-hybridized carbons (Fsp3) is 0.500. The minimum absolute atomic E-state index is 0.0611. The van der Waals surface area contributed by atoms with Gasteiger partial charge in [0.1, 0.15) is 0 Å². The number of carbonyl (C=O) groups is 1. The third-order valence-corrected chi connectivity index (χ3v) is 4.90.